The van der Waals surface area contributed by atoms with Gasteiger partial charge in [-0.1, -0.05) is 61.4 Å². The van der Waals surface area contributed by atoms with Gasteiger partial charge >= 0.3 is 11.8 Å². The molecule has 3 rings (SSSR count). The Labute approximate surface area is 193 Å². The summed E-state index contributed by atoms with van der Waals surface area (Å²) in [7, 11) is 3.20. The van der Waals surface area contributed by atoms with Gasteiger partial charge in [0.1, 0.15) is 6.10 Å². The Morgan fingerprint density at radius 3 is 2.66 bits per heavy atom. The average Bonchev–Trinajstić information content (AvgIpc) is 3.02. The molecular formula is C21H27N3O6S2. The van der Waals surface area contributed by atoms with Crippen LogP contribution in [-0.2, 0) is 9.47 Å². The SMILES string of the molecule is CC[C@H]1O[C@@H](n2ccc(=O)[nH]c2=O)[C@H](OC(=O)Nc2ccccc2SSC(C)(C)C)[C@@H]1O. The van der Waals surface area contributed by atoms with E-state index in [0.717, 1.165) is 15.5 Å². The highest BCUT2D eigenvalue weighted by atomic mass is 33.1. The van der Waals surface area contributed by atoms with Crippen molar-refractivity contribution in [1.82, 2.24) is 9.55 Å². The van der Waals surface area contributed by atoms with E-state index in [1.165, 1.54) is 17.0 Å². The molecule has 1 amide bonds. The first-order valence-electron chi connectivity index (χ1n) is 10.2. The van der Waals surface area contributed by atoms with Crippen LogP contribution in [0.1, 0.15) is 40.3 Å². The summed E-state index contributed by atoms with van der Waals surface area (Å²) in [5, 5.41) is 13.4. The van der Waals surface area contributed by atoms with Gasteiger partial charge in [0.25, 0.3) is 5.56 Å². The predicted octanol–water partition coefficient (Wildman–Crippen LogP) is 3.36. The number of anilines is 1. The maximum absolute atomic E-state index is 12.7. The number of amides is 1. The van der Waals surface area contributed by atoms with Crippen molar-refractivity contribution in [2.75, 3.05) is 5.32 Å². The third kappa shape index (κ3) is 5.97. The van der Waals surface area contributed by atoms with E-state index in [0.29, 0.717) is 12.1 Å². The van der Waals surface area contributed by atoms with E-state index in [1.54, 1.807) is 22.9 Å². The number of aromatic amines is 1. The van der Waals surface area contributed by atoms with Crippen molar-refractivity contribution < 1.29 is 19.4 Å². The van der Waals surface area contributed by atoms with E-state index in [1.807, 2.05) is 19.1 Å². The summed E-state index contributed by atoms with van der Waals surface area (Å²) in [6.45, 7) is 8.10. The topological polar surface area (TPSA) is 123 Å². The highest BCUT2D eigenvalue weighted by Gasteiger charge is 2.47. The van der Waals surface area contributed by atoms with Crippen molar-refractivity contribution in [1.29, 1.82) is 0 Å². The molecule has 1 aromatic carbocycles. The molecule has 1 saturated heterocycles. The molecule has 0 unspecified atom stereocenters. The number of carbonyl (C=O) groups is 1. The highest BCUT2D eigenvalue weighted by molar-refractivity contribution is 8.77. The van der Waals surface area contributed by atoms with Crippen LogP contribution in [-0.4, -0.2) is 43.8 Å². The van der Waals surface area contributed by atoms with Crippen LogP contribution in [0, 0.1) is 0 Å². The molecule has 0 saturated carbocycles. The molecule has 1 fully saturated rings. The number of hydrogen-bond acceptors (Lipinski definition) is 8. The van der Waals surface area contributed by atoms with Gasteiger partial charge in [0, 0.05) is 21.9 Å². The third-order valence-corrected chi connectivity index (χ3v) is 8.00. The van der Waals surface area contributed by atoms with E-state index in [2.05, 4.69) is 31.1 Å². The summed E-state index contributed by atoms with van der Waals surface area (Å²) in [6.07, 6.45) is -3.09. The van der Waals surface area contributed by atoms with Crippen LogP contribution in [0.15, 0.2) is 51.0 Å². The minimum atomic E-state index is -1.15. The summed E-state index contributed by atoms with van der Waals surface area (Å²) in [4.78, 5) is 39.3. The number of ether oxygens (including phenoxy) is 2. The Kier molecular flexibility index (Phi) is 7.75. The molecule has 3 N–H and O–H groups in total. The summed E-state index contributed by atoms with van der Waals surface area (Å²) in [5.41, 5.74) is -0.715. The Bertz CT molecular complexity index is 1060. The Morgan fingerprint density at radius 2 is 2.00 bits per heavy atom. The maximum atomic E-state index is 12.7. The van der Waals surface area contributed by atoms with Gasteiger partial charge in [0.15, 0.2) is 12.3 Å². The van der Waals surface area contributed by atoms with Gasteiger partial charge in [0.05, 0.1) is 11.8 Å². The van der Waals surface area contributed by atoms with Crippen molar-refractivity contribution >= 4 is 33.4 Å². The molecule has 1 aliphatic rings. The summed E-state index contributed by atoms with van der Waals surface area (Å²) >= 11 is 0. The van der Waals surface area contributed by atoms with Crippen molar-refractivity contribution in [3.63, 3.8) is 0 Å². The van der Waals surface area contributed by atoms with Crippen molar-refractivity contribution in [3.05, 3.63) is 57.4 Å². The van der Waals surface area contributed by atoms with Crippen LogP contribution < -0.4 is 16.6 Å². The molecular weight excluding hydrogens is 454 g/mol. The van der Waals surface area contributed by atoms with E-state index >= 15 is 0 Å². The van der Waals surface area contributed by atoms with Crippen LogP contribution in [0.3, 0.4) is 0 Å². The molecule has 0 aliphatic carbocycles. The summed E-state index contributed by atoms with van der Waals surface area (Å²) < 4.78 is 12.4. The number of para-hydroxylation sites is 1. The molecule has 174 valence electrons. The number of hydrogen-bond donors (Lipinski definition) is 3. The molecule has 0 spiro atoms. The number of aliphatic hydroxyl groups is 1. The fraction of sp³-hybridized carbons (Fsp3) is 0.476. The maximum Gasteiger partial charge on any atom is 0.412 e. The van der Waals surface area contributed by atoms with E-state index in [9.17, 15) is 19.5 Å². The van der Waals surface area contributed by atoms with E-state index in [4.69, 9.17) is 9.47 Å². The van der Waals surface area contributed by atoms with E-state index in [-0.39, 0.29) is 4.75 Å². The largest absolute Gasteiger partial charge is 0.438 e. The zero-order valence-electron chi connectivity index (χ0n) is 18.2. The lowest BCUT2D eigenvalue weighted by Crippen LogP contribution is -2.40. The molecule has 32 heavy (non-hydrogen) atoms. The molecule has 0 bridgehead atoms. The number of aromatic nitrogens is 2. The zero-order chi connectivity index (χ0) is 23.5. The minimum Gasteiger partial charge on any atom is -0.438 e. The van der Waals surface area contributed by atoms with Crippen molar-refractivity contribution in [2.45, 2.75) is 68.3 Å². The second-order valence-electron chi connectivity index (χ2n) is 8.25. The molecule has 2 heterocycles. The molecule has 2 aromatic rings. The first kappa shape index (κ1) is 24.4. The zero-order valence-corrected chi connectivity index (χ0v) is 19.9. The highest BCUT2D eigenvalue weighted by Crippen LogP contribution is 2.43. The lowest BCUT2D eigenvalue weighted by atomic mass is 10.1. The van der Waals surface area contributed by atoms with E-state index < -0.39 is 41.9 Å². The lowest BCUT2D eigenvalue weighted by Gasteiger charge is -2.22. The molecule has 9 nitrogen and oxygen atoms in total. The summed E-state index contributed by atoms with van der Waals surface area (Å²) in [6, 6.07) is 8.48. The second kappa shape index (κ2) is 10.2. The number of benzene rings is 1. The predicted molar refractivity (Wildman–Crippen MR) is 125 cm³/mol. The number of nitrogens with zero attached hydrogens (tertiary/aromatic N) is 1. The quantitative estimate of drug-likeness (QED) is 0.537. The Hall–Kier alpha value is -2.21. The van der Waals surface area contributed by atoms with Crippen molar-refractivity contribution in [2.24, 2.45) is 0 Å². The monoisotopic (exact) mass is 481 g/mol. The standard InChI is InChI=1S/C21H27N3O6S2/c1-5-13-16(26)17(18(29-13)24-11-10-15(25)23-19(24)27)30-20(28)22-12-8-6-7-9-14(12)31-32-21(2,3)4/h6-11,13,16-18,26H,5H2,1-4H3,(H,22,28)(H,23,25,27)/t13-,16-,17-,18-/m1/s1. The van der Waals surface area contributed by atoms with Crippen molar-refractivity contribution in [3.8, 4) is 0 Å². The fourth-order valence-electron chi connectivity index (χ4n) is 3.11. The van der Waals surface area contributed by atoms with Crippen LogP contribution in [0.4, 0.5) is 10.5 Å². The first-order valence-corrected chi connectivity index (χ1v) is 12.3. The molecule has 4 atom stereocenters. The molecule has 1 aliphatic heterocycles. The fourth-order valence-corrected chi connectivity index (χ4v) is 5.25. The van der Waals surface area contributed by atoms with Gasteiger partial charge in [-0.3, -0.25) is 19.7 Å². The van der Waals surface area contributed by atoms with Gasteiger partial charge in [-0.25, -0.2) is 9.59 Å². The number of aliphatic hydroxyl groups excluding tert-OH is 1. The van der Waals surface area contributed by atoms with Gasteiger partial charge in [-0.2, -0.15) is 0 Å². The second-order valence-corrected chi connectivity index (χ2v) is 11.2. The smallest absolute Gasteiger partial charge is 0.412 e. The van der Waals surface area contributed by atoms with Gasteiger partial charge in [0.2, 0.25) is 0 Å². The van der Waals surface area contributed by atoms with Gasteiger partial charge in [-0.05, 0) is 18.6 Å². The molecule has 1 aromatic heterocycles. The number of H-pyrrole nitrogens is 1. The molecule has 0 radical (unpaired) electrons. The third-order valence-electron chi connectivity index (χ3n) is 4.59. The normalized spacial score (nSPS) is 23.2. The number of nitrogens with one attached hydrogen (secondary N) is 2. The first-order chi connectivity index (χ1) is 15.1. The number of carbonyl (C=O) groups excluding carboxylic acids is 1. The van der Waals surface area contributed by atoms with Crippen LogP contribution in [0.2, 0.25) is 0 Å². The molecule has 11 heteroatoms. The minimum absolute atomic E-state index is 0.0237. The Balaban J connectivity index is 1.78. The summed E-state index contributed by atoms with van der Waals surface area (Å²) in [5.74, 6) is 0. The lowest BCUT2D eigenvalue weighted by molar-refractivity contribution is -0.0428. The Morgan fingerprint density at radius 1 is 1.28 bits per heavy atom. The van der Waals surface area contributed by atoms with Gasteiger partial charge in [-0.15, -0.1) is 0 Å². The van der Waals surface area contributed by atoms with Gasteiger partial charge < -0.3 is 14.6 Å². The number of rotatable bonds is 6. The van der Waals surface area contributed by atoms with Crippen LogP contribution in [0.5, 0.6) is 0 Å². The van der Waals surface area contributed by atoms with Crippen LogP contribution >= 0.6 is 21.6 Å². The average molecular weight is 482 g/mol. The van der Waals surface area contributed by atoms with Crippen LogP contribution in [0.25, 0.3) is 0 Å².